The zero-order valence-corrected chi connectivity index (χ0v) is 9.66. The number of hydrogen-bond donors (Lipinski definition) is 2. The van der Waals surface area contributed by atoms with E-state index in [4.69, 9.17) is 22.1 Å². The van der Waals surface area contributed by atoms with Crippen molar-refractivity contribution in [3.63, 3.8) is 0 Å². The minimum Gasteiger partial charge on any atom is -0.445 e. The summed E-state index contributed by atoms with van der Waals surface area (Å²) >= 11 is 5.87. The van der Waals surface area contributed by atoms with E-state index in [2.05, 4.69) is 5.32 Å². The predicted molar refractivity (Wildman–Crippen MR) is 62.9 cm³/mol. The normalized spacial score (nSPS) is 18.9. The molecular weight excluding hydrogens is 244 g/mol. The molecule has 0 saturated heterocycles. The number of rotatable bonds is 1. The van der Waals surface area contributed by atoms with Gasteiger partial charge < -0.3 is 15.8 Å². The quantitative estimate of drug-likeness (QED) is 0.800. The van der Waals surface area contributed by atoms with E-state index in [1.165, 1.54) is 0 Å². The number of ether oxygens (including phenoxy) is 1. The van der Waals surface area contributed by atoms with Gasteiger partial charge >= 0.3 is 6.09 Å². The van der Waals surface area contributed by atoms with Gasteiger partial charge in [-0.1, -0.05) is 11.6 Å². The summed E-state index contributed by atoms with van der Waals surface area (Å²) in [6.07, 6.45) is -0.923. The Morgan fingerprint density at radius 1 is 1.47 bits per heavy atom. The van der Waals surface area contributed by atoms with Gasteiger partial charge in [0, 0.05) is 17.1 Å². The molecule has 2 amide bonds. The van der Waals surface area contributed by atoms with E-state index in [0.717, 1.165) is 5.56 Å². The van der Waals surface area contributed by atoms with Gasteiger partial charge in [0.25, 0.3) is 0 Å². The Morgan fingerprint density at radius 3 is 2.94 bits per heavy atom. The molecule has 17 heavy (non-hydrogen) atoms. The van der Waals surface area contributed by atoms with Gasteiger partial charge in [0.05, 0.1) is 6.42 Å². The summed E-state index contributed by atoms with van der Waals surface area (Å²) < 4.78 is 4.87. The Balaban J connectivity index is 2.28. The molecule has 2 rings (SSSR count). The monoisotopic (exact) mass is 254 g/mol. The van der Waals surface area contributed by atoms with Crippen molar-refractivity contribution in [1.29, 1.82) is 0 Å². The van der Waals surface area contributed by atoms with Gasteiger partial charge in [-0.15, -0.1) is 0 Å². The summed E-state index contributed by atoms with van der Waals surface area (Å²) in [5.41, 5.74) is 6.47. The average molecular weight is 255 g/mol. The molecule has 0 fully saturated rings. The molecule has 0 aliphatic carbocycles. The van der Waals surface area contributed by atoms with Crippen LogP contribution in [0.25, 0.3) is 0 Å². The molecule has 0 saturated carbocycles. The second-order valence-corrected chi connectivity index (χ2v) is 4.25. The number of halogens is 1. The van der Waals surface area contributed by atoms with Gasteiger partial charge in [-0.25, -0.2) is 4.79 Å². The van der Waals surface area contributed by atoms with Crippen LogP contribution in [0.1, 0.15) is 12.0 Å². The molecule has 1 aromatic carbocycles. The first-order chi connectivity index (χ1) is 8.04. The van der Waals surface area contributed by atoms with Crippen molar-refractivity contribution >= 4 is 29.3 Å². The summed E-state index contributed by atoms with van der Waals surface area (Å²) in [6, 6.07) is 5.15. The Morgan fingerprint density at radius 2 is 2.24 bits per heavy atom. The third-order valence-electron chi connectivity index (χ3n) is 2.48. The van der Waals surface area contributed by atoms with Crippen molar-refractivity contribution in [3.8, 4) is 0 Å². The van der Waals surface area contributed by atoms with Crippen LogP contribution in [0.15, 0.2) is 18.2 Å². The molecule has 0 aromatic heterocycles. The number of benzene rings is 1. The van der Waals surface area contributed by atoms with Crippen LogP contribution in [0.4, 0.5) is 10.5 Å². The summed E-state index contributed by atoms with van der Waals surface area (Å²) in [5, 5.41) is 3.29. The molecule has 6 heteroatoms. The first kappa shape index (κ1) is 11.7. The average Bonchev–Trinajstić information content (AvgIpc) is 2.34. The molecule has 1 aliphatic rings. The van der Waals surface area contributed by atoms with E-state index in [-0.39, 0.29) is 12.3 Å². The van der Waals surface area contributed by atoms with Gasteiger partial charge in [-0.05, 0) is 23.8 Å². The van der Waals surface area contributed by atoms with E-state index in [0.29, 0.717) is 17.1 Å². The van der Waals surface area contributed by atoms with E-state index < -0.39 is 12.2 Å². The Hall–Kier alpha value is -1.75. The van der Waals surface area contributed by atoms with Crippen LogP contribution in [-0.4, -0.2) is 18.1 Å². The molecule has 1 aromatic rings. The minimum atomic E-state index is -0.881. The van der Waals surface area contributed by atoms with Crippen molar-refractivity contribution in [2.45, 2.75) is 18.9 Å². The van der Waals surface area contributed by atoms with Crippen LogP contribution < -0.4 is 11.1 Å². The molecule has 0 spiro atoms. The third-order valence-corrected chi connectivity index (χ3v) is 2.72. The highest BCUT2D eigenvalue weighted by Crippen LogP contribution is 2.26. The van der Waals surface area contributed by atoms with Gasteiger partial charge in [0.15, 0.2) is 0 Å². The zero-order chi connectivity index (χ0) is 12.4. The van der Waals surface area contributed by atoms with Crippen LogP contribution in [0.5, 0.6) is 0 Å². The molecule has 90 valence electrons. The van der Waals surface area contributed by atoms with Crippen molar-refractivity contribution in [1.82, 2.24) is 0 Å². The summed E-state index contributed by atoms with van der Waals surface area (Å²) in [6.45, 7) is 0. The second-order valence-electron chi connectivity index (χ2n) is 3.82. The van der Waals surface area contributed by atoms with Crippen LogP contribution in [0, 0.1) is 0 Å². The Labute approximate surface area is 103 Å². The molecule has 0 radical (unpaired) electrons. The summed E-state index contributed by atoms with van der Waals surface area (Å²) in [7, 11) is 0. The topological polar surface area (TPSA) is 81.4 Å². The predicted octanol–water partition coefficient (Wildman–Crippen LogP) is 1.69. The maximum atomic E-state index is 11.5. The minimum absolute atomic E-state index is 0.0925. The van der Waals surface area contributed by atoms with Crippen molar-refractivity contribution in [2.24, 2.45) is 5.73 Å². The lowest BCUT2D eigenvalue weighted by Crippen LogP contribution is -2.26. The molecule has 5 nitrogen and oxygen atoms in total. The molecule has 1 atom stereocenters. The molecule has 1 aliphatic heterocycles. The highest BCUT2D eigenvalue weighted by molar-refractivity contribution is 6.30. The number of carbonyl (C=O) groups excluding carboxylic acids is 2. The fraction of sp³-hybridized carbons (Fsp3) is 0.273. The van der Waals surface area contributed by atoms with E-state index >= 15 is 0 Å². The van der Waals surface area contributed by atoms with Crippen molar-refractivity contribution in [3.05, 3.63) is 28.8 Å². The molecule has 0 bridgehead atoms. The van der Waals surface area contributed by atoms with Crippen LogP contribution in [0.2, 0.25) is 5.02 Å². The number of amides is 2. The number of nitrogens with one attached hydrogen (secondary N) is 1. The number of fused-ring (bicyclic) bond motifs is 1. The van der Waals surface area contributed by atoms with E-state index in [9.17, 15) is 9.59 Å². The largest absolute Gasteiger partial charge is 0.445 e. The zero-order valence-electron chi connectivity index (χ0n) is 8.90. The second kappa shape index (κ2) is 4.63. The lowest BCUT2D eigenvalue weighted by Gasteiger charge is -2.12. The van der Waals surface area contributed by atoms with Crippen molar-refractivity contribution in [2.75, 3.05) is 5.32 Å². The van der Waals surface area contributed by atoms with Crippen LogP contribution in [0.3, 0.4) is 0 Å². The van der Waals surface area contributed by atoms with Crippen LogP contribution in [-0.2, 0) is 16.0 Å². The third kappa shape index (κ3) is 2.88. The lowest BCUT2D eigenvalue weighted by atomic mass is 10.1. The first-order valence-electron chi connectivity index (χ1n) is 5.09. The number of anilines is 1. The number of carbonyl (C=O) groups is 2. The standard InChI is InChI=1S/C11H11ClN2O3/c12-7-1-2-9-6(3-7)4-8(17-11(13)16)5-10(15)14-9/h1-3,8H,4-5H2,(H2,13,16)(H,14,15). The molecule has 3 N–H and O–H groups in total. The maximum Gasteiger partial charge on any atom is 0.404 e. The summed E-state index contributed by atoms with van der Waals surface area (Å²) in [4.78, 5) is 22.3. The Bertz CT molecular complexity index is 476. The highest BCUT2D eigenvalue weighted by Gasteiger charge is 2.23. The Kier molecular flexibility index (Phi) is 3.19. The maximum absolute atomic E-state index is 11.5. The number of nitrogens with two attached hydrogens (primary N) is 1. The number of hydrogen-bond acceptors (Lipinski definition) is 3. The van der Waals surface area contributed by atoms with E-state index in [1.54, 1.807) is 18.2 Å². The van der Waals surface area contributed by atoms with Gasteiger partial charge in [0.1, 0.15) is 6.10 Å². The van der Waals surface area contributed by atoms with Gasteiger partial charge in [-0.2, -0.15) is 0 Å². The molecule has 1 heterocycles. The first-order valence-corrected chi connectivity index (χ1v) is 5.47. The SMILES string of the molecule is NC(=O)OC1CC(=O)Nc2ccc(Cl)cc2C1. The summed E-state index contributed by atoms with van der Waals surface area (Å²) in [5.74, 6) is -0.211. The van der Waals surface area contributed by atoms with Crippen LogP contribution >= 0.6 is 11.6 Å². The molecular formula is C11H11ClN2O3. The fourth-order valence-electron chi connectivity index (χ4n) is 1.83. The fourth-order valence-corrected chi connectivity index (χ4v) is 2.02. The van der Waals surface area contributed by atoms with Gasteiger partial charge in [0.2, 0.25) is 5.91 Å². The number of primary amides is 1. The highest BCUT2D eigenvalue weighted by atomic mass is 35.5. The van der Waals surface area contributed by atoms with Gasteiger partial charge in [-0.3, -0.25) is 4.79 Å². The molecule has 1 unspecified atom stereocenters. The van der Waals surface area contributed by atoms with Crippen molar-refractivity contribution < 1.29 is 14.3 Å². The lowest BCUT2D eigenvalue weighted by molar-refractivity contribution is -0.117. The smallest absolute Gasteiger partial charge is 0.404 e. The van der Waals surface area contributed by atoms with E-state index in [1.807, 2.05) is 0 Å².